The van der Waals surface area contributed by atoms with Gasteiger partial charge in [0.2, 0.25) is 0 Å². The van der Waals surface area contributed by atoms with Gasteiger partial charge in [-0.15, -0.1) is 0 Å². The average molecular weight is 996 g/mol. The molecule has 2 nitrogen and oxygen atoms in total. The van der Waals surface area contributed by atoms with E-state index in [1.807, 2.05) is 11.1 Å². The Bertz CT molecular complexity index is 1150. The van der Waals surface area contributed by atoms with E-state index in [0.717, 1.165) is 30.6 Å². The highest BCUT2D eigenvalue weighted by Gasteiger charge is 2.30. The average Bonchev–Trinajstić information content (AvgIpc) is 3.67. The maximum atomic E-state index is 11.5. The van der Waals surface area contributed by atoms with Crippen LogP contribution in [0.3, 0.4) is 0 Å². The first kappa shape index (κ1) is 68.4. The van der Waals surface area contributed by atoms with E-state index in [-0.39, 0.29) is 0 Å². The van der Waals surface area contributed by atoms with E-state index >= 15 is 0 Å². The van der Waals surface area contributed by atoms with Crippen molar-refractivity contribution in [3.63, 3.8) is 0 Å². The molecule has 0 saturated carbocycles. The van der Waals surface area contributed by atoms with E-state index < -0.39 is 6.29 Å². The summed E-state index contributed by atoms with van der Waals surface area (Å²) in [5, 5.41) is 11.5. The molecule has 0 saturated heterocycles. The van der Waals surface area contributed by atoms with Crippen molar-refractivity contribution in [2.24, 2.45) is 17.8 Å². The molecule has 0 spiro atoms. The number of aliphatic hydroxyl groups excluding tert-OH is 1. The molecule has 1 aliphatic carbocycles. The molecule has 0 aromatic heterocycles. The minimum atomic E-state index is -0.678. The highest BCUT2D eigenvalue weighted by atomic mass is 16.6. The van der Waals surface area contributed by atoms with Gasteiger partial charge in [0.1, 0.15) is 0 Å². The Kier molecular flexibility index (Phi) is 50.9. The highest BCUT2D eigenvalue weighted by molar-refractivity contribution is 5.48. The third-order valence-electron chi connectivity index (χ3n) is 17.2. The molecule has 0 aromatic rings. The van der Waals surface area contributed by atoms with Gasteiger partial charge in [0, 0.05) is 13.0 Å². The fourth-order valence-electron chi connectivity index (χ4n) is 12.6. The lowest BCUT2D eigenvalue weighted by atomic mass is 9.80. The molecule has 0 amide bonds. The van der Waals surface area contributed by atoms with Gasteiger partial charge in [-0.25, -0.2) is 0 Å². The fraction of sp³-hybridized carbons (Fsp3) is 0.942. The molecule has 0 heterocycles. The van der Waals surface area contributed by atoms with Crippen molar-refractivity contribution in [1.82, 2.24) is 0 Å². The second-order valence-electron chi connectivity index (χ2n) is 24.1. The SMILES string of the molecule is CCCCCCCCCCC(CCCCCCCC)CC1=C(CC(CCCCCCCC)CCCCCCCCCC)C(CC(CCCCCCCC)CCCCCCCCCC)=C(CC(O)OCC)C1. The van der Waals surface area contributed by atoms with Crippen LogP contribution in [0, 0.1) is 17.8 Å². The fourth-order valence-corrected chi connectivity index (χ4v) is 12.6. The minimum absolute atomic E-state index is 0.591. The van der Waals surface area contributed by atoms with Crippen molar-refractivity contribution in [2.45, 2.75) is 395 Å². The highest BCUT2D eigenvalue weighted by Crippen LogP contribution is 2.47. The van der Waals surface area contributed by atoms with E-state index in [4.69, 9.17) is 4.74 Å². The Labute approximate surface area is 449 Å². The zero-order valence-electron chi connectivity index (χ0n) is 50.3. The quantitative estimate of drug-likeness (QED) is 0.0486. The van der Waals surface area contributed by atoms with Gasteiger partial charge in [0.25, 0.3) is 0 Å². The molecule has 0 aliphatic heterocycles. The van der Waals surface area contributed by atoms with Crippen LogP contribution in [0.2, 0.25) is 0 Å². The minimum Gasteiger partial charge on any atom is -0.368 e. The second kappa shape index (κ2) is 52.8. The van der Waals surface area contributed by atoms with Gasteiger partial charge < -0.3 is 9.84 Å². The van der Waals surface area contributed by atoms with Crippen LogP contribution in [0.25, 0.3) is 0 Å². The maximum absolute atomic E-state index is 11.5. The van der Waals surface area contributed by atoms with Crippen molar-refractivity contribution in [3.05, 3.63) is 22.3 Å². The van der Waals surface area contributed by atoms with Crippen LogP contribution in [0.1, 0.15) is 389 Å². The molecule has 4 unspecified atom stereocenters. The molecule has 0 radical (unpaired) electrons. The third kappa shape index (κ3) is 40.3. The standard InChI is InChI=1S/C69H134O2/c1-8-15-21-27-33-36-42-46-52-62(51-45-39-30-24-18-11-4)57-65-60-66(61-69(70)71-14-7)68(59-64(54-48-41-32-26-20-13-6)56-50-44-38-35-29-23-17-10-3)67(65)58-63(53-47-40-31-25-19-12-5)55-49-43-37-34-28-22-16-9-2/h62-64,69-70H,8-61H2,1-7H3. The van der Waals surface area contributed by atoms with Crippen LogP contribution in [0.15, 0.2) is 22.3 Å². The summed E-state index contributed by atoms with van der Waals surface area (Å²) in [6.45, 7) is 16.8. The summed E-state index contributed by atoms with van der Waals surface area (Å²) in [5.74, 6) is 2.38. The predicted molar refractivity (Wildman–Crippen MR) is 321 cm³/mol. The summed E-state index contributed by atoms with van der Waals surface area (Å²) >= 11 is 0. The smallest absolute Gasteiger partial charge is 0.158 e. The van der Waals surface area contributed by atoms with Gasteiger partial charge in [0.15, 0.2) is 6.29 Å². The predicted octanol–water partition coefficient (Wildman–Crippen LogP) is 24.6. The lowest BCUT2D eigenvalue weighted by molar-refractivity contribution is -0.0929. The zero-order valence-corrected chi connectivity index (χ0v) is 50.3. The van der Waals surface area contributed by atoms with Crippen molar-refractivity contribution >= 4 is 0 Å². The number of rotatable bonds is 58. The van der Waals surface area contributed by atoms with Crippen LogP contribution in [0.5, 0.6) is 0 Å². The monoisotopic (exact) mass is 995 g/mol. The van der Waals surface area contributed by atoms with Crippen LogP contribution < -0.4 is 0 Å². The van der Waals surface area contributed by atoms with Gasteiger partial charge in [-0.2, -0.15) is 0 Å². The molecule has 1 N–H and O–H groups in total. The molecule has 0 fully saturated rings. The summed E-state index contributed by atoms with van der Waals surface area (Å²) in [7, 11) is 0. The van der Waals surface area contributed by atoms with Gasteiger partial charge in [-0.1, -0.05) is 361 Å². The Balaban J connectivity index is 3.68. The first-order valence-corrected chi connectivity index (χ1v) is 33.7. The molecule has 1 rings (SSSR count). The molecular weight excluding hydrogens is 861 g/mol. The molecular formula is C69H134O2. The lowest BCUT2D eigenvalue weighted by Gasteiger charge is -2.26. The van der Waals surface area contributed by atoms with E-state index in [0.29, 0.717) is 6.61 Å². The summed E-state index contributed by atoms with van der Waals surface area (Å²) in [6, 6.07) is 0. The number of aliphatic hydroxyl groups is 1. The Morgan fingerprint density at radius 1 is 0.282 bits per heavy atom. The second-order valence-corrected chi connectivity index (χ2v) is 24.1. The van der Waals surface area contributed by atoms with Crippen LogP contribution in [-0.4, -0.2) is 18.0 Å². The van der Waals surface area contributed by atoms with Crippen LogP contribution in [-0.2, 0) is 4.74 Å². The number of allylic oxidation sites excluding steroid dienone is 3. The number of ether oxygens (including phenoxy) is 1. The Morgan fingerprint density at radius 2 is 0.493 bits per heavy atom. The topological polar surface area (TPSA) is 29.5 Å². The third-order valence-corrected chi connectivity index (χ3v) is 17.2. The summed E-state index contributed by atoms with van der Waals surface area (Å²) < 4.78 is 6.03. The van der Waals surface area contributed by atoms with Gasteiger partial charge in [-0.3, -0.25) is 0 Å². The molecule has 1 aliphatic rings. The Morgan fingerprint density at radius 3 is 0.732 bits per heavy atom. The molecule has 4 atom stereocenters. The number of hydrogen-bond acceptors (Lipinski definition) is 2. The van der Waals surface area contributed by atoms with Crippen LogP contribution >= 0.6 is 0 Å². The molecule has 71 heavy (non-hydrogen) atoms. The van der Waals surface area contributed by atoms with Crippen molar-refractivity contribution in [3.8, 4) is 0 Å². The molecule has 0 aromatic carbocycles. The van der Waals surface area contributed by atoms with Crippen molar-refractivity contribution in [1.29, 1.82) is 0 Å². The van der Waals surface area contributed by atoms with Crippen molar-refractivity contribution in [2.75, 3.05) is 6.61 Å². The van der Waals surface area contributed by atoms with Gasteiger partial charge >= 0.3 is 0 Å². The van der Waals surface area contributed by atoms with E-state index in [1.165, 1.54) is 327 Å². The number of unbranched alkanes of at least 4 members (excludes halogenated alkanes) is 36. The molecule has 2 heteroatoms. The van der Waals surface area contributed by atoms with Gasteiger partial charge in [0.05, 0.1) is 0 Å². The summed E-state index contributed by atoms with van der Waals surface area (Å²) in [6.07, 6.45) is 72.8. The van der Waals surface area contributed by atoms with Crippen molar-refractivity contribution < 1.29 is 9.84 Å². The maximum Gasteiger partial charge on any atom is 0.158 e. The van der Waals surface area contributed by atoms with E-state index in [2.05, 4.69) is 48.5 Å². The number of hydrogen-bond donors (Lipinski definition) is 1. The lowest BCUT2D eigenvalue weighted by Crippen LogP contribution is -2.14. The first-order chi connectivity index (χ1) is 35.0. The molecule has 422 valence electrons. The van der Waals surface area contributed by atoms with Crippen LogP contribution in [0.4, 0.5) is 0 Å². The Hall–Kier alpha value is -0.600. The van der Waals surface area contributed by atoms with E-state index in [9.17, 15) is 5.11 Å². The molecule has 0 bridgehead atoms. The van der Waals surface area contributed by atoms with Gasteiger partial charge in [-0.05, 0) is 61.5 Å². The first-order valence-electron chi connectivity index (χ1n) is 33.7. The summed E-state index contributed by atoms with van der Waals surface area (Å²) in [4.78, 5) is 0. The van der Waals surface area contributed by atoms with E-state index in [1.54, 1.807) is 11.1 Å². The zero-order chi connectivity index (χ0) is 51.5. The largest absolute Gasteiger partial charge is 0.368 e. The normalized spacial score (nSPS) is 14.9. The summed E-state index contributed by atoms with van der Waals surface area (Å²) in [5.41, 5.74) is 7.02.